The quantitative estimate of drug-likeness (QED) is 0.670. The van der Waals surface area contributed by atoms with E-state index in [4.69, 9.17) is 0 Å². The summed E-state index contributed by atoms with van der Waals surface area (Å²) in [5.41, 5.74) is 0.0791. The van der Waals surface area contributed by atoms with Gasteiger partial charge in [0.15, 0.2) is 5.43 Å². The van der Waals surface area contributed by atoms with Gasteiger partial charge in [0, 0.05) is 31.1 Å². The van der Waals surface area contributed by atoms with Gasteiger partial charge in [0.2, 0.25) is 0 Å². The summed E-state index contributed by atoms with van der Waals surface area (Å²) in [6.07, 6.45) is 4.86. The van der Waals surface area contributed by atoms with Gasteiger partial charge in [0.05, 0.1) is 0 Å². The Kier molecular flexibility index (Phi) is 3.09. The van der Waals surface area contributed by atoms with Crippen molar-refractivity contribution < 1.29 is 0 Å². The van der Waals surface area contributed by atoms with Gasteiger partial charge in [0.1, 0.15) is 0 Å². The molecule has 2 heteroatoms. The first-order valence-corrected chi connectivity index (χ1v) is 4.38. The molecule has 0 amide bonds. The minimum atomic E-state index is 0.0791. The third-order valence-electron chi connectivity index (χ3n) is 2.08. The number of pyridine rings is 1. The maximum Gasteiger partial charge on any atom is 0.181 e. The van der Waals surface area contributed by atoms with E-state index in [2.05, 4.69) is 18.4 Å². The lowest BCUT2D eigenvalue weighted by molar-refractivity contribution is 0.467. The van der Waals surface area contributed by atoms with Crippen LogP contribution in [0.5, 0.6) is 0 Å². The normalized spacial score (nSPS) is 12.8. The molecule has 1 unspecified atom stereocenters. The average molecular weight is 165 g/mol. The molecule has 2 nitrogen and oxygen atoms in total. The molecule has 0 saturated heterocycles. The highest BCUT2D eigenvalue weighted by molar-refractivity contribution is 4.93. The first-order valence-electron chi connectivity index (χ1n) is 4.38. The number of hydrogen-bond acceptors (Lipinski definition) is 1. The van der Waals surface area contributed by atoms with E-state index < -0.39 is 0 Å². The smallest absolute Gasteiger partial charge is 0.181 e. The third-order valence-corrected chi connectivity index (χ3v) is 2.08. The largest absolute Gasteiger partial charge is 0.354 e. The van der Waals surface area contributed by atoms with Crippen molar-refractivity contribution in [2.24, 2.45) is 5.92 Å². The summed E-state index contributed by atoms with van der Waals surface area (Å²) in [7, 11) is 0. The van der Waals surface area contributed by atoms with Crippen LogP contribution in [0.4, 0.5) is 0 Å². The number of aromatic nitrogens is 1. The molecule has 0 bridgehead atoms. The van der Waals surface area contributed by atoms with Crippen molar-refractivity contribution in [3.63, 3.8) is 0 Å². The highest BCUT2D eigenvalue weighted by atomic mass is 16.1. The van der Waals surface area contributed by atoms with Gasteiger partial charge in [0.25, 0.3) is 0 Å². The van der Waals surface area contributed by atoms with E-state index in [1.54, 1.807) is 12.1 Å². The monoisotopic (exact) mass is 165 g/mol. The highest BCUT2D eigenvalue weighted by Crippen LogP contribution is 2.03. The molecule has 0 fully saturated rings. The second-order valence-electron chi connectivity index (χ2n) is 3.24. The van der Waals surface area contributed by atoms with Crippen LogP contribution in [-0.2, 0) is 6.54 Å². The molecule has 0 N–H and O–H groups in total. The van der Waals surface area contributed by atoms with Crippen molar-refractivity contribution in [3.8, 4) is 0 Å². The molecule has 0 aromatic carbocycles. The van der Waals surface area contributed by atoms with Crippen molar-refractivity contribution in [1.29, 1.82) is 0 Å². The zero-order valence-electron chi connectivity index (χ0n) is 7.66. The number of hydrogen-bond donors (Lipinski definition) is 0. The van der Waals surface area contributed by atoms with Crippen LogP contribution in [0.2, 0.25) is 0 Å². The molecule has 0 spiro atoms. The lowest BCUT2D eigenvalue weighted by Crippen LogP contribution is -2.08. The Balaban J connectivity index is 2.64. The minimum Gasteiger partial charge on any atom is -0.354 e. The fourth-order valence-corrected chi connectivity index (χ4v) is 1.05. The van der Waals surface area contributed by atoms with Crippen LogP contribution >= 0.6 is 0 Å². The van der Waals surface area contributed by atoms with E-state index in [1.165, 1.54) is 6.42 Å². The summed E-state index contributed by atoms with van der Waals surface area (Å²) >= 11 is 0. The van der Waals surface area contributed by atoms with E-state index in [9.17, 15) is 4.79 Å². The van der Waals surface area contributed by atoms with Gasteiger partial charge in [-0.3, -0.25) is 4.79 Å². The van der Waals surface area contributed by atoms with Crippen molar-refractivity contribution in [1.82, 2.24) is 4.57 Å². The summed E-state index contributed by atoms with van der Waals surface area (Å²) in [4.78, 5) is 10.8. The van der Waals surface area contributed by atoms with Crippen LogP contribution < -0.4 is 5.43 Å². The van der Waals surface area contributed by atoms with Crippen LogP contribution in [0.25, 0.3) is 0 Å². The van der Waals surface area contributed by atoms with E-state index in [0.29, 0.717) is 5.92 Å². The molecule has 0 aliphatic rings. The zero-order chi connectivity index (χ0) is 8.97. The average Bonchev–Trinajstić information content (AvgIpc) is 2.09. The van der Waals surface area contributed by atoms with Gasteiger partial charge >= 0.3 is 0 Å². The first-order chi connectivity index (χ1) is 5.72. The zero-order valence-corrected chi connectivity index (χ0v) is 7.66. The fraction of sp³-hybridized carbons (Fsp3) is 0.500. The second-order valence-corrected chi connectivity index (χ2v) is 3.24. The van der Waals surface area contributed by atoms with Crippen molar-refractivity contribution >= 4 is 0 Å². The van der Waals surface area contributed by atoms with Crippen LogP contribution in [0.1, 0.15) is 20.3 Å². The molecule has 66 valence electrons. The summed E-state index contributed by atoms with van der Waals surface area (Å²) in [5, 5.41) is 0. The molecule has 1 rings (SSSR count). The molecule has 1 aromatic heterocycles. The Bertz CT molecular complexity index is 270. The molecule has 0 radical (unpaired) electrons. The van der Waals surface area contributed by atoms with Crippen molar-refractivity contribution in [3.05, 3.63) is 34.7 Å². The van der Waals surface area contributed by atoms with Gasteiger partial charge in [-0.25, -0.2) is 0 Å². The Labute approximate surface area is 72.8 Å². The minimum absolute atomic E-state index is 0.0791. The van der Waals surface area contributed by atoms with E-state index in [1.807, 2.05) is 12.4 Å². The SMILES string of the molecule is CCC(C)Cn1ccc(=O)cc1. The molecule has 0 aliphatic carbocycles. The Morgan fingerprint density at radius 1 is 1.42 bits per heavy atom. The van der Waals surface area contributed by atoms with Gasteiger partial charge in [-0.15, -0.1) is 0 Å². The van der Waals surface area contributed by atoms with Crippen LogP contribution in [0.15, 0.2) is 29.3 Å². The Morgan fingerprint density at radius 2 is 2.00 bits per heavy atom. The third kappa shape index (κ3) is 2.53. The van der Waals surface area contributed by atoms with E-state index >= 15 is 0 Å². The van der Waals surface area contributed by atoms with Gasteiger partial charge in [-0.05, 0) is 5.92 Å². The van der Waals surface area contributed by atoms with Crippen molar-refractivity contribution in [2.45, 2.75) is 26.8 Å². The standard InChI is InChI=1S/C10H15NO/c1-3-9(2)8-11-6-4-10(12)5-7-11/h4-7,9H,3,8H2,1-2H3. The molecule has 0 aliphatic heterocycles. The summed E-state index contributed by atoms with van der Waals surface area (Å²) < 4.78 is 2.05. The lowest BCUT2D eigenvalue weighted by atomic mass is 10.1. The van der Waals surface area contributed by atoms with Crippen molar-refractivity contribution in [2.75, 3.05) is 0 Å². The van der Waals surface area contributed by atoms with E-state index in [-0.39, 0.29) is 5.43 Å². The predicted octanol–water partition coefficient (Wildman–Crippen LogP) is 1.89. The molecular formula is C10H15NO. The number of nitrogens with zero attached hydrogens (tertiary/aromatic N) is 1. The van der Waals surface area contributed by atoms with Crippen LogP contribution in [0.3, 0.4) is 0 Å². The Morgan fingerprint density at radius 3 is 2.50 bits per heavy atom. The Hall–Kier alpha value is -1.05. The molecule has 1 atom stereocenters. The molecule has 1 heterocycles. The summed E-state index contributed by atoms with van der Waals surface area (Å²) in [6, 6.07) is 3.20. The van der Waals surface area contributed by atoms with E-state index in [0.717, 1.165) is 6.54 Å². The first kappa shape index (κ1) is 9.04. The molecular weight excluding hydrogens is 150 g/mol. The molecule has 1 aromatic rings. The predicted molar refractivity (Wildman–Crippen MR) is 50.2 cm³/mol. The summed E-state index contributed by atoms with van der Waals surface area (Å²) in [6.45, 7) is 5.38. The maximum atomic E-state index is 10.8. The molecule has 0 saturated carbocycles. The summed E-state index contributed by atoms with van der Waals surface area (Å²) in [5.74, 6) is 0.674. The number of rotatable bonds is 3. The topological polar surface area (TPSA) is 22.0 Å². The fourth-order valence-electron chi connectivity index (χ4n) is 1.05. The highest BCUT2D eigenvalue weighted by Gasteiger charge is 1.97. The van der Waals surface area contributed by atoms with Gasteiger partial charge in [-0.2, -0.15) is 0 Å². The maximum absolute atomic E-state index is 10.8. The molecule has 12 heavy (non-hydrogen) atoms. The van der Waals surface area contributed by atoms with Crippen LogP contribution in [-0.4, -0.2) is 4.57 Å². The van der Waals surface area contributed by atoms with Crippen LogP contribution in [0, 0.1) is 5.92 Å². The van der Waals surface area contributed by atoms with Gasteiger partial charge in [-0.1, -0.05) is 20.3 Å². The lowest BCUT2D eigenvalue weighted by Gasteiger charge is -2.10. The van der Waals surface area contributed by atoms with Gasteiger partial charge < -0.3 is 4.57 Å². The second kappa shape index (κ2) is 4.10.